The molecule has 2 aromatic carbocycles. The summed E-state index contributed by atoms with van der Waals surface area (Å²) in [6.07, 6.45) is 0. The zero-order valence-electron chi connectivity index (χ0n) is 10.2. The van der Waals surface area contributed by atoms with Gasteiger partial charge in [0.2, 0.25) is 5.91 Å². The average Bonchev–Trinajstić information content (AvgIpc) is 2.66. The van der Waals surface area contributed by atoms with Gasteiger partial charge in [-0.3, -0.25) is 14.5 Å². The Kier molecular flexibility index (Phi) is 2.71. The van der Waals surface area contributed by atoms with Crippen molar-refractivity contribution < 1.29 is 14.7 Å². The largest absolute Gasteiger partial charge is 0.508 e. The van der Waals surface area contributed by atoms with Crippen molar-refractivity contribution in [1.82, 2.24) is 4.90 Å². The quantitative estimate of drug-likeness (QED) is 0.868. The lowest BCUT2D eigenvalue weighted by Gasteiger charge is -2.09. The van der Waals surface area contributed by atoms with Gasteiger partial charge in [-0.15, -0.1) is 0 Å². The molecule has 0 aliphatic carbocycles. The first kappa shape index (κ1) is 12.0. The van der Waals surface area contributed by atoms with Crippen LogP contribution in [0.15, 0.2) is 36.4 Å². The molecule has 1 heterocycles. The Hall–Kier alpha value is -2.01. The van der Waals surface area contributed by atoms with Crippen LogP contribution in [0.5, 0.6) is 5.75 Å². The van der Waals surface area contributed by atoms with Crippen LogP contribution in [0.3, 0.4) is 0 Å². The van der Waals surface area contributed by atoms with Crippen LogP contribution >= 0.6 is 11.8 Å². The molecule has 0 bridgehead atoms. The summed E-state index contributed by atoms with van der Waals surface area (Å²) in [7, 11) is 1.50. The van der Waals surface area contributed by atoms with Gasteiger partial charge in [-0.1, -0.05) is 18.2 Å². The van der Waals surface area contributed by atoms with Gasteiger partial charge >= 0.3 is 0 Å². The molecule has 5 heteroatoms. The first-order valence-electron chi connectivity index (χ1n) is 5.77. The van der Waals surface area contributed by atoms with Crippen LogP contribution in [-0.2, 0) is 4.79 Å². The van der Waals surface area contributed by atoms with E-state index in [1.165, 1.54) is 7.05 Å². The summed E-state index contributed by atoms with van der Waals surface area (Å²) in [5.41, 5.74) is 0.811. The maximum Gasteiger partial charge on any atom is 0.289 e. The van der Waals surface area contributed by atoms with E-state index in [4.69, 9.17) is 0 Å². The first-order valence-corrected chi connectivity index (χ1v) is 6.65. The fourth-order valence-electron chi connectivity index (χ4n) is 2.12. The monoisotopic (exact) mass is 273 g/mol. The lowest BCUT2D eigenvalue weighted by atomic mass is 10.0. The van der Waals surface area contributed by atoms with Crippen molar-refractivity contribution in [3.63, 3.8) is 0 Å². The van der Waals surface area contributed by atoms with E-state index in [-0.39, 0.29) is 16.9 Å². The predicted octanol–water partition coefficient (Wildman–Crippen LogP) is 2.91. The molecule has 1 N–H and O–H groups in total. The van der Waals surface area contributed by atoms with Gasteiger partial charge in [0.1, 0.15) is 11.0 Å². The minimum Gasteiger partial charge on any atom is -0.508 e. The third-order valence-corrected chi connectivity index (χ3v) is 4.38. The maximum atomic E-state index is 12.0. The molecule has 0 radical (unpaired) electrons. The first-order chi connectivity index (χ1) is 9.06. The highest BCUT2D eigenvalue weighted by Crippen LogP contribution is 2.39. The number of phenols is 1. The van der Waals surface area contributed by atoms with Gasteiger partial charge in [-0.25, -0.2) is 0 Å². The minimum absolute atomic E-state index is 0.187. The summed E-state index contributed by atoms with van der Waals surface area (Å²) < 4.78 is 0. The molecule has 0 saturated carbocycles. The highest BCUT2D eigenvalue weighted by molar-refractivity contribution is 8.14. The van der Waals surface area contributed by atoms with Gasteiger partial charge in [0.15, 0.2) is 0 Å². The molecule has 19 heavy (non-hydrogen) atoms. The molecule has 1 aliphatic rings. The number of rotatable bonds is 1. The lowest BCUT2D eigenvalue weighted by molar-refractivity contribution is -0.125. The zero-order valence-corrected chi connectivity index (χ0v) is 11.0. The number of hydrogen-bond donors (Lipinski definition) is 1. The molecular formula is C14H11NO3S. The van der Waals surface area contributed by atoms with Gasteiger partial charge in [-0.05, 0) is 46.3 Å². The van der Waals surface area contributed by atoms with Crippen molar-refractivity contribution in [3.05, 3.63) is 42.0 Å². The standard InChI is InChI=1S/C14H11NO3S/c1-15-13(17)12(19-14(15)18)10-3-2-9-7-11(16)5-4-8(9)6-10/h2-7,12,16H,1H3. The molecule has 1 fully saturated rings. The van der Waals surface area contributed by atoms with E-state index in [0.29, 0.717) is 0 Å². The second-order valence-corrected chi connectivity index (χ2v) is 5.51. The van der Waals surface area contributed by atoms with E-state index in [1.54, 1.807) is 18.2 Å². The van der Waals surface area contributed by atoms with Crippen molar-refractivity contribution >= 4 is 33.7 Å². The Morgan fingerprint density at radius 3 is 2.47 bits per heavy atom. The number of carbonyl (C=O) groups is 2. The number of thioether (sulfide) groups is 1. The molecule has 96 valence electrons. The van der Waals surface area contributed by atoms with E-state index in [2.05, 4.69) is 0 Å². The van der Waals surface area contributed by atoms with Crippen molar-refractivity contribution in [2.45, 2.75) is 5.25 Å². The fourth-order valence-corrected chi connectivity index (χ4v) is 3.11. The van der Waals surface area contributed by atoms with Crippen LogP contribution in [0, 0.1) is 0 Å². The summed E-state index contributed by atoms with van der Waals surface area (Å²) in [4.78, 5) is 24.6. The van der Waals surface area contributed by atoms with Gasteiger partial charge in [0, 0.05) is 7.05 Å². The summed E-state index contributed by atoms with van der Waals surface area (Å²) in [6.45, 7) is 0. The van der Waals surface area contributed by atoms with Crippen LogP contribution in [0.1, 0.15) is 10.8 Å². The summed E-state index contributed by atoms with van der Waals surface area (Å²) in [5.74, 6) is 0.0228. The second-order valence-electron chi connectivity index (χ2n) is 4.45. The Morgan fingerprint density at radius 2 is 1.79 bits per heavy atom. The molecule has 3 rings (SSSR count). The molecule has 0 spiro atoms. The van der Waals surface area contributed by atoms with Crippen molar-refractivity contribution in [1.29, 1.82) is 0 Å². The third kappa shape index (κ3) is 1.96. The molecule has 1 saturated heterocycles. The number of fused-ring (bicyclic) bond motifs is 1. The topological polar surface area (TPSA) is 57.6 Å². The van der Waals surface area contributed by atoms with E-state index in [0.717, 1.165) is 33.0 Å². The van der Waals surface area contributed by atoms with E-state index in [1.807, 2.05) is 18.2 Å². The zero-order chi connectivity index (χ0) is 13.6. The molecule has 1 atom stereocenters. The van der Waals surface area contributed by atoms with Gasteiger partial charge < -0.3 is 5.11 Å². The molecule has 4 nitrogen and oxygen atoms in total. The van der Waals surface area contributed by atoms with Gasteiger partial charge in [0.05, 0.1) is 0 Å². The Morgan fingerprint density at radius 1 is 1.11 bits per heavy atom. The fraction of sp³-hybridized carbons (Fsp3) is 0.143. The summed E-state index contributed by atoms with van der Waals surface area (Å²) in [5, 5.41) is 10.6. The molecule has 1 unspecified atom stereocenters. The Bertz CT molecular complexity index is 698. The molecular weight excluding hydrogens is 262 g/mol. The molecule has 2 amide bonds. The van der Waals surface area contributed by atoms with E-state index in [9.17, 15) is 14.7 Å². The van der Waals surface area contributed by atoms with Crippen LogP contribution in [0.25, 0.3) is 10.8 Å². The van der Waals surface area contributed by atoms with E-state index >= 15 is 0 Å². The number of imide groups is 1. The number of aromatic hydroxyl groups is 1. The van der Waals surface area contributed by atoms with Gasteiger partial charge in [0.25, 0.3) is 5.24 Å². The SMILES string of the molecule is CN1C(=O)SC(c2ccc3cc(O)ccc3c2)C1=O. The predicted molar refractivity (Wildman–Crippen MR) is 74.1 cm³/mol. The number of hydrogen-bond acceptors (Lipinski definition) is 4. The minimum atomic E-state index is -0.462. The molecule has 2 aromatic rings. The highest BCUT2D eigenvalue weighted by atomic mass is 32.2. The number of likely N-dealkylation sites (N-methyl/N-ethyl adjacent to an activating group) is 1. The van der Waals surface area contributed by atoms with Crippen LogP contribution in [0.2, 0.25) is 0 Å². The summed E-state index contributed by atoms with van der Waals surface area (Å²) >= 11 is 1.03. The second kappa shape index (κ2) is 4.28. The molecule has 0 aromatic heterocycles. The lowest BCUT2D eigenvalue weighted by Crippen LogP contribution is -2.24. The number of carbonyl (C=O) groups excluding carboxylic acids is 2. The number of benzene rings is 2. The number of amides is 2. The normalized spacial score (nSPS) is 19.4. The average molecular weight is 273 g/mol. The summed E-state index contributed by atoms with van der Waals surface area (Å²) in [6, 6.07) is 10.6. The molecule has 1 aliphatic heterocycles. The highest BCUT2D eigenvalue weighted by Gasteiger charge is 2.38. The van der Waals surface area contributed by atoms with Crippen LogP contribution in [-0.4, -0.2) is 28.2 Å². The third-order valence-electron chi connectivity index (χ3n) is 3.20. The number of nitrogens with zero attached hydrogens (tertiary/aromatic N) is 1. The van der Waals surface area contributed by atoms with Crippen molar-refractivity contribution in [3.8, 4) is 5.75 Å². The smallest absolute Gasteiger partial charge is 0.289 e. The Labute approximate surface area is 114 Å². The van der Waals surface area contributed by atoms with Crippen LogP contribution in [0.4, 0.5) is 4.79 Å². The Balaban J connectivity index is 2.05. The maximum absolute atomic E-state index is 12.0. The van der Waals surface area contributed by atoms with Crippen molar-refractivity contribution in [2.24, 2.45) is 0 Å². The van der Waals surface area contributed by atoms with Crippen molar-refractivity contribution in [2.75, 3.05) is 7.05 Å². The van der Waals surface area contributed by atoms with E-state index < -0.39 is 5.25 Å². The van der Waals surface area contributed by atoms with Crippen LogP contribution < -0.4 is 0 Å². The van der Waals surface area contributed by atoms with Gasteiger partial charge in [-0.2, -0.15) is 0 Å². The number of phenolic OH excluding ortho intramolecular Hbond substituents is 1.